The maximum absolute atomic E-state index is 11.9. The molecule has 2 N–H and O–H groups in total. The summed E-state index contributed by atoms with van der Waals surface area (Å²) >= 11 is 0. The molecule has 6 nitrogen and oxygen atoms in total. The van der Waals surface area contributed by atoms with Crippen molar-refractivity contribution < 1.29 is 19.4 Å². The first kappa shape index (κ1) is 19.3. The Kier molecular flexibility index (Phi) is 7.90. The number of unbranched alkanes of at least 4 members (excludes halogenated alkanes) is 1. The molecule has 0 radical (unpaired) electrons. The lowest BCUT2D eigenvalue weighted by Crippen LogP contribution is -2.41. The van der Waals surface area contributed by atoms with Crippen LogP contribution < -0.4 is 5.32 Å². The van der Waals surface area contributed by atoms with E-state index in [9.17, 15) is 9.59 Å². The fourth-order valence-electron chi connectivity index (χ4n) is 2.18. The van der Waals surface area contributed by atoms with Gasteiger partial charge in [-0.15, -0.1) is 0 Å². The number of amides is 2. The number of nitrogens with zero attached hydrogens (tertiary/aromatic N) is 1. The van der Waals surface area contributed by atoms with Gasteiger partial charge in [0.05, 0.1) is 0 Å². The minimum Gasteiger partial charge on any atom is -0.444 e. The Bertz CT molecular complexity index is 451. The summed E-state index contributed by atoms with van der Waals surface area (Å²) in [6, 6.07) is 0. The first-order valence-electron chi connectivity index (χ1n) is 8.20. The number of ether oxygens (including phenoxy) is 1. The van der Waals surface area contributed by atoms with Gasteiger partial charge in [-0.05, 0) is 52.4 Å². The maximum Gasteiger partial charge on any atom is 0.410 e. The van der Waals surface area contributed by atoms with E-state index >= 15 is 0 Å². The minimum absolute atomic E-state index is 0.136. The Hall–Kier alpha value is -1.74. The van der Waals surface area contributed by atoms with Crippen LogP contribution in [0, 0.1) is 17.8 Å². The van der Waals surface area contributed by atoms with Crippen molar-refractivity contribution in [2.75, 3.05) is 26.2 Å². The molecule has 0 unspecified atom stereocenters. The second-order valence-electron chi connectivity index (χ2n) is 6.70. The van der Waals surface area contributed by atoms with Crippen LogP contribution in [0.1, 0.15) is 46.5 Å². The van der Waals surface area contributed by atoms with Gasteiger partial charge < -0.3 is 20.1 Å². The molecule has 0 bridgehead atoms. The monoisotopic (exact) mass is 324 g/mol. The van der Waals surface area contributed by atoms with Crippen LogP contribution >= 0.6 is 0 Å². The molecule has 23 heavy (non-hydrogen) atoms. The summed E-state index contributed by atoms with van der Waals surface area (Å²) in [5, 5.41) is 11.4. The zero-order valence-electron chi connectivity index (χ0n) is 14.4. The molecule has 0 aromatic rings. The number of carbonyl (C=O) groups excluding carboxylic acids is 2. The number of piperidine rings is 1. The van der Waals surface area contributed by atoms with Gasteiger partial charge in [0.15, 0.2) is 0 Å². The number of hydrogen-bond acceptors (Lipinski definition) is 4. The molecule has 1 aliphatic rings. The number of likely N-dealkylation sites (tertiary alicyclic amines) is 1. The lowest BCUT2D eigenvalue weighted by atomic mass is 9.98. The summed E-state index contributed by atoms with van der Waals surface area (Å²) in [6.45, 7) is 7.43. The van der Waals surface area contributed by atoms with E-state index < -0.39 is 5.60 Å². The second-order valence-corrected chi connectivity index (χ2v) is 6.70. The van der Waals surface area contributed by atoms with E-state index in [1.807, 2.05) is 20.8 Å². The van der Waals surface area contributed by atoms with Crippen LogP contribution in [0.5, 0.6) is 0 Å². The summed E-state index contributed by atoms with van der Waals surface area (Å²) in [5.74, 6) is 5.45. The molecular weight excluding hydrogens is 296 g/mol. The van der Waals surface area contributed by atoms with E-state index in [0.717, 1.165) is 19.3 Å². The van der Waals surface area contributed by atoms with Crippen LogP contribution in [-0.4, -0.2) is 53.8 Å². The van der Waals surface area contributed by atoms with Gasteiger partial charge >= 0.3 is 6.09 Å². The molecule has 0 aromatic carbocycles. The van der Waals surface area contributed by atoms with Gasteiger partial charge in [-0.1, -0.05) is 5.92 Å². The molecule has 2 amide bonds. The molecule has 1 heterocycles. The Morgan fingerprint density at radius 2 is 1.91 bits per heavy atom. The van der Waals surface area contributed by atoms with Gasteiger partial charge in [-0.3, -0.25) is 4.79 Å². The van der Waals surface area contributed by atoms with Crippen LogP contribution in [0.15, 0.2) is 0 Å². The van der Waals surface area contributed by atoms with Crippen molar-refractivity contribution in [2.24, 2.45) is 5.92 Å². The molecule has 0 aromatic heterocycles. The van der Waals surface area contributed by atoms with E-state index in [0.29, 0.717) is 26.1 Å². The first-order chi connectivity index (χ1) is 10.8. The van der Waals surface area contributed by atoms with Gasteiger partial charge in [0.2, 0.25) is 0 Å². The Labute approximate surface area is 138 Å². The average molecular weight is 324 g/mol. The molecule has 0 spiro atoms. The predicted molar refractivity (Wildman–Crippen MR) is 87.6 cm³/mol. The molecule has 1 fully saturated rings. The zero-order valence-corrected chi connectivity index (χ0v) is 14.4. The maximum atomic E-state index is 11.9. The summed E-state index contributed by atoms with van der Waals surface area (Å²) in [7, 11) is 0. The number of aliphatic hydroxyl groups is 1. The number of hydrogen-bond donors (Lipinski definition) is 2. The molecule has 0 atom stereocenters. The number of nitrogens with one attached hydrogen (secondary N) is 1. The highest BCUT2D eigenvalue weighted by atomic mass is 16.6. The quantitative estimate of drug-likeness (QED) is 0.607. The van der Waals surface area contributed by atoms with Gasteiger partial charge in [-0.2, -0.15) is 0 Å². The lowest BCUT2D eigenvalue weighted by molar-refractivity contribution is -0.115. The summed E-state index contributed by atoms with van der Waals surface area (Å²) in [5.41, 5.74) is -0.484. The van der Waals surface area contributed by atoms with E-state index in [1.165, 1.54) is 0 Å². The SMILES string of the molecule is CC(C)(C)OC(=O)N1CCC(C#CC(=O)NCCCCO)CC1. The van der Waals surface area contributed by atoms with Crippen molar-refractivity contribution in [2.45, 2.75) is 52.1 Å². The van der Waals surface area contributed by atoms with E-state index in [2.05, 4.69) is 17.2 Å². The molecule has 6 heteroatoms. The molecule has 1 aliphatic heterocycles. The highest BCUT2D eigenvalue weighted by Crippen LogP contribution is 2.18. The normalized spacial score (nSPS) is 15.6. The average Bonchev–Trinajstić information content (AvgIpc) is 2.48. The number of rotatable bonds is 4. The Morgan fingerprint density at radius 3 is 2.48 bits per heavy atom. The molecular formula is C17H28N2O4. The topological polar surface area (TPSA) is 78.9 Å². The smallest absolute Gasteiger partial charge is 0.410 e. The van der Waals surface area contributed by atoms with Crippen LogP contribution in [0.25, 0.3) is 0 Å². The van der Waals surface area contributed by atoms with Gasteiger partial charge in [0, 0.05) is 32.2 Å². The van der Waals surface area contributed by atoms with Gasteiger partial charge in [-0.25, -0.2) is 4.79 Å². The van der Waals surface area contributed by atoms with Crippen LogP contribution in [-0.2, 0) is 9.53 Å². The van der Waals surface area contributed by atoms with Gasteiger partial charge in [0.25, 0.3) is 5.91 Å². The van der Waals surface area contributed by atoms with Crippen molar-refractivity contribution in [3.8, 4) is 11.8 Å². The van der Waals surface area contributed by atoms with Crippen LogP contribution in [0.3, 0.4) is 0 Å². The third kappa shape index (κ3) is 8.46. The fourth-order valence-corrected chi connectivity index (χ4v) is 2.18. The molecule has 1 rings (SSSR count). The van der Waals surface area contributed by atoms with Crippen molar-refractivity contribution in [3.05, 3.63) is 0 Å². The van der Waals surface area contributed by atoms with Gasteiger partial charge in [0.1, 0.15) is 5.60 Å². The van der Waals surface area contributed by atoms with Crippen molar-refractivity contribution in [1.82, 2.24) is 10.2 Å². The number of aliphatic hydroxyl groups excluding tert-OH is 1. The molecule has 0 saturated carbocycles. The molecule has 0 aliphatic carbocycles. The minimum atomic E-state index is -0.484. The Morgan fingerprint density at radius 1 is 1.26 bits per heavy atom. The summed E-state index contributed by atoms with van der Waals surface area (Å²) in [6.07, 6.45) is 2.65. The van der Waals surface area contributed by atoms with E-state index in [1.54, 1.807) is 4.90 Å². The zero-order chi connectivity index (χ0) is 17.3. The Balaban J connectivity index is 2.30. The van der Waals surface area contributed by atoms with Crippen molar-refractivity contribution in [1.29, 1.82) is 0 Å². The number of carbonyl (C=O) groups is 2. The van der Waals surface area contributed by atoms with Crippen molar-refractivity contribution >= 4 is 12.0 Å². The standard InChI is InChI=1S/C17H28N2O4/c1-17(2,3)23-16(22)19-11-8-14(9-12-19)6-7-15(21)18-10-4-5-13-20/h14,20H,4-5,8-13H2,1-3H3,(H,18,21). The largest absolute Gasteiger partial charge is 0.444 e. The summed E-state index contributed by atoms with van der Waals surface area (Å²) in [4.78, 5) is 25.2. The molecule has 130 valence electrons. The lowest BCUT2D eigenvalue weighted by Gasteiger charge is -2.31. The van der Waals surface area contributed by atoms with Crippen molar-refractivity contribution in [3.63, 3.8) is 0 Å². The third-order valence-electron chi connectivity index (χ3n) is 3.41. The molecule has 1 saturated heterocycles. The predicted octanol–water partition coefficient (Wildman–Crippen LogP) is 1.53. The fraction of sp³-hybridized carbons (Fsp3) is 0.765. The second kappa shape index (κ2) is 9.41. The van der Waals surface area contributed by atoms with Crippen LogP contribution in [0.4, 0.5) is 4.79 Å². The third-order valence-corrected chi connectivity index (χ3v) is 3.41. The van der Waals surface area contributed by atoms with Crippen LogP contribution in [0.2, 0.25) is 0 Å². The van der Waals surface area contributed by atoms with E-state index in [4.69, 9.17) is 9.84 Å². The highest BCUT2D eigenvalue weighted by Gasteiger charge is 2.26. The van der Waals surface area contributed by atoms with E-state index in [-0.39, 0.29) is 24.5 Å². The first-order valence-corrected chi connectivity index (χ1v) is 8.20. The summed E-state index contributed by atoms with van der Waals surface area (Å²) < 4.78 is 5.34. The highest BCUT2D eigenvalue weighted by molar-refractivity contribution is 5.93.